The molecule has 1 fully saturated rings. The van der Waals surface area contributed by atoms with Crippen LogP contribution in [0.3, 0.4) is 0 Å². The number of amides is 1. The summed E-state index contributed by atoms with van der Waals surface area (Å²) in [7, 11) is 0. The van der Waals surface area contributed by atoms with Crippen LogP contribution in [0.2, 0.25) is 0 Å². The highest BCUT2D eigenvalue weighted by atomic mass is 19.2. The van der Waals surface area contributed by atoms with Gasteiger partial charge in [0.2, 0.25) is 5.91 Å². The molecule has 1 heterocycles. The molecule has 110 valence electrons. The smallest absolute Gasteiger partial charge is 0.227 e. The molecule has 1 aliphatic rings. The Bertz CT molecular complexity index is 493. The van der Waals surface area contributed by atoms with Crippen molar-refractivity contribution >= 4 is 5.91 Å². The molecule has 0 unspecified atom stereocenters. The number of hydrogen-bond donors (Lipinski definition) is 1. The zero-order chi connectivity index (χ0) is 14.7. The molecule has 1 aromatic carbocycles. The number of hydrogen-bond acceptors (Lipinski definition) is 2. The van der Waals surface area contributed by atoms with Gasteiger partial charge in [0.25, 0.3) is 0 Å². The first-order valence-electron chi connectivity index (χ1n) is 6.97. The Kier molecular flexibility index (Phi) is 4.70. The minimum atomic E-state index is -0.935. The van der Waals surface area contributed by atoms with E-state index in [1.807, 2.05) is 0 Å². The van der Waals surface area contributed by atoms with Crippen LogP contribution in [0.5, 0.6) is 0 Å². The number of nitrogens with two attached hydrogens (primary N) is 1. The van der Waals surface area contributed by atoms with Gasteiger partial charge in [-0.1, -0.05) is 19.1 Å². The zero-order valence-corrected chi connectivity index (χ0v) is 11.6. The van der Waals surface area contributed by atoms with E-state index in [-0.39, 0.29) is 23.9 Å². The van der Waals surface area contributed by atoms with E-state index in [9.17, 15) is 13.6 Å². The Labute approximate surface area is 117 Å². The Morgan fingerprint density at radius 3 is 2.90 bits per heavy atom. The summed E-state index contributed by atoms with van der Waals surface area (Å²) < 4.78 is 26.8. The van der Waals surface area contributed by atoms with Crippen molar-refractivity contribution in [2.45, 2.75) is 32.2 Å². The summed E-state index contributed by atoms with van der Waals surface area (Å²) in [6.07, 6.45) is 1.85. The van der Waals surface area contributed by atoms with Gasteiger partial charge in [0.05, 0.1) is 6.42 Å². The Hall–Kier alpha value is -1.49. The van der Waals surface area contributed by atoms with Crippen molar-refractivity contribution in [3.63, 3.8) is 0 Å². The van der Waals surface area contributed by atoms with Crippen LogP contribution in [0.25, 0.3) is 0 Å². The fourth-order valence-electron chi connectivity index (χ4n) is 2.87. The van der Waals surface area contributed by atoms with E-state index in [0.717, 1.165) is 18.9 Å². The Balaban J connectivity index is 2.12. The van der Waals surface area contributed by atoms with E-state index in [1.165, 1.54) is 12.1 Å². The predicted octanol–water partition coefficient (Wildman–Crippen LogP) is 2.09. The normalized spacial score (nSPS) is 22.9. The standard InChI is InChI=1S/C15H20F2N2O/c1-10-4-3-7-19(13(10)9-18)14(20)8-11-5-2-6-12(16)15(11)17/h2,5-6,10,13H,3-4,7-9,18H2,1H3/t10-,13-/m1/s1. The van der Waals surface area contributed by atoms with Crippen molar-refractivity contribution in [1.29, 1.82) is 0 Å². The van der Waals surface area contributed by atoms with E-state index < -0.39 is 11.6 Å². The Morgan fingerprint density at radius 2 is 2.20 bits per heavy atom. The van der Waals surface area contributed by atoms with Gasteiger partial charge >= 0.3 is 0 Å². The summed E-state index contributed by atoms with van der Waals surface area (Å²) in [6, 6.07) is 3.91. The maximum Gasteiger partial charge on any atom is 0.227 e. The number of halogens is 2. The molecule has 1 saturated heterocycles. The molecule has 1 amide bonds. The highest BCUT2D eigenvalue weighted by Gasteiger charge is 2.31. The molecule has 2 N–H and O–H groups in total. The number of carbonyl (C=O) groups excluding carboxylic acids is 1. The average Bonchev–Trinajstić information content (AvgIpc) is 2.43. The van der Waals surface area contributed by atoms with E-state index in [2.05, 4.69) is 6.92 Å². The van der Waals surface area contributed by atoms with Crippen LogP contribution in [-0.4, -0.2) is 29.9 Å². The first kappa shape index (κ1) is 14.9. The average molecular weight is 282 g/mol. The van der Waals surface area contributed by atoms with Gasteiger partial charge in [-0.15, -0.1) is 0 Å². The Morgan fingerprint density at radius 1 is 1.45 bits per heavy atom. The maximum atomic E-state index is 13.6. The fourth-order valence-corrected chi connectivity index (χ4v) is 2.87. The fraction of sp³-hybridized carbons (Fsp3) is 0.533. The minimum Gasteiger partial charge on any atom is -0.338 e. The molecule has 0 aromatic heterocycles. The van der Waals surface area contributed by atoms with Gasteiger partial charge in [-0.2, -0.15) is 0 Å². The van der Waals surface area contributed by atoms with E-state index in [0.29, 0.717) is 19.0 Å². The molecule has 1 aromatic rings. The number of rotatable bonds is 3. The molecular weight excluding hydrogens is 262 g/mol. The molecule has 0 aliphatic carbocycles. The second-order valence-corrected chi connectivity index (χ2v) is 5.40. The van der Waals surface area contributed by atoms with Crippen LogP contribution >= 0.6 is 0 Å². The number of likely N-dealkylation sites (tertiary alicyclic amines) is 1. The molecule has 0 saturated carbocycles. The lowest BCUT2D eigenvalue weighted by molar-refractivity contribution is -0.135. The van der Waals surface area contributed by atoms with Gasteiger partial charge < -0.3 is 10.6 Å². The quantitative estimate of drug-likeness (QED) is 0.922. The predicted molar refractivity (Wildman–Crippen MR) is 73.0 cm³/mol. The van der Waals surface area contributed by atoms with Crippen molar-refractivity contribution in [2.75, 3.05) is 13.1 Å². The second-order valence-electron chi connectivity index (χ2n) is 5.40. The number of nitrogens with zero attached hydrogens (tertiary/aromatic N) is 1. The summed E-state index contributed by atoms with van der Waals surface area (Å²) in [5, 5.41) is 0. The minimum absolute atomic E-state index is 0.00660. The number of benzene rings is 1. The largest absolute Gasteiger partial charge is 0.338 e. The number of carbonyl (C=O) groups is 1. The third kappa shape index (κ3) is 2.98. The molecule has 1 aliphatic heterocycles. The SMILES string of the molecule is C[C@@H]1CCCN(C(=O)Cc2cccc(F)c2F)[C@@H]1CN. The van der Waals surface area contributed by atoms with Gasteiger partial charge in [-0.3, -0.25) is 4.79 Å². The van der Waals surface area contributed by atoms with Crippen molar-refractivity contribution < 1.29 is 13.6 Å². The second kappa shape index (κ2) is 6.31. The highest BCUT2D eigenvalue weighted by Crippen LogP contribution is 2.24. The van der Waals surface area contributed by atoms with E-state index >= 15 is 0 Å². The van der Waals surface area contributed by atoms with Gasteiger partial charge in [0.15, 0.2) is 11.6 Å². The van der Waals surface area contributed by atoms with Crippen LogP contribution in [-0.2, 0) is 11.2 Å². The zero-order valence-electron chi connectivity index (χ0n) is 11.6. The summed E-state index contributed by atoms with van der Waals surface area (Å²) in [6.45, 7) is 3.11. The molecule has 3 nitrogen and oxygen atoms in total. The lowest BCUT2D eigenvalue weighted by atomic mass is 9.90. The van der Waals surface area contributed by atoms with Crippen LogP contribution < -0.4 is 5.73 Å². The lowest BCUT2D eigenvalue weighted by Gasteiger charge is -2.39. The highest BCUT2D eigenvalue weighted by molar-refractivity contribution is 5.79. The molecule has 2 atom stereocenters. The third-order valence-corrected chi connectivity index (χ3v) is 4.05. The molecular formula is C15H20F2N2O. The van der Waals surface area contributed by atoms with Crippen molar-refractivity contribution in [3.8, 4) is 0 Å². The summed E-state index contributed by atoms with van der Waals surface area (Å²) in [5.41, 5.74) is 5.84. The molecule has 20 heavy (non-hydrogen) atoms. The van der Waals surface area contributed by atoms with Crippen LogP contribution in [0.15, 0.2) is 18.2 Å². The summed E-state index contributed by atoms with van der Waals surface area (Å²) >= 11 is 0. The molecule has 0 radical (unpaired) electrons. The molecule has 5 heteroatoms. The van der Waals surface area contributed by atoms with Gasteiger partial charge in [-0.25, -0.2) is 8.78 Å². The van der Waals surface area contributed by atoms with Crippen LogP contribution in [0, 0.1) is 17.6 Å². The van der Waals surface area contributed by atoms with Crippen molar-refractivity contribution in [3.05, 3.63) is 35.4 Å². The summed E-state index contributed by atoms with van der Waals surface area (Å²) in [4.78, 5) is 14.0. The first-order chi connectivity index (χ1) is 9.54. The molecule has 0 spiro atoms. The monoisotopic (exact) mass is 282 g/mol. The molecule has 0 bridgehead atoms. The van der Waals surface area contributed by atoms with Gasteiger partial charge in [-0.05, 0) is 24.8 Å². The van der Waals surface area contributed by atoms with Crippen molar-refractivity contribution in [2.24, 2.45) is 11.7 Å². The van der Waals surface area contributed by atoms with Crippen LogP contribution in [0.1, 0.15) is 25.3 Å². The van der Waals surface area contributed by atoms with Crippen molar-refractivity contribution in [1.82, 2.24) is 4.90 Å². The molecule has 2 rings (SSSR count). The topological polar surface area (TPSA) is 46.3 Å². The first-order valence-corrected chi connectivity index (χ1v) is 6.97. The third-order valence-electron chi connectivity index (χ3n) is 4.05. The van der Waals surface area contributed by atoms with Crippen LogP contribution in [0.4, 0.5) is 8.78 Å². The lowest BCUT2D eigenvalue weighted by Crippen LogP contribution is -2.51. The van der Waals surface area contributed by atoms with Gasteiger partial charge in [0.1, 0.15) is 0 Å². The summed E-state index contributed by atoms with van der Waals surface area (Å²) in [5.74, 6) is -1.69. The van der Waals surface area contributed by atoms with E-state index in [1.54, 1.807) is 4.90 Å². The van der Waals surface area contributed by atoms with E-state index in [4.69, 9.17) is 5.73 Å². The number of piperidine rings is 1. The maximum absolute atomic E-state index is 13.6. The van der Waals surface area contributed by atoms with Gasteiger partial charge in [0, 0.05) is 24.7 Å².